The van der Waals surface area contributed by atoms with Gasteiger partial charge in [-0.05, 0) is 43.4 Å². The third-order valence-electron chi connectivity index (χ3n) is 5.11. The highest BCUT2D eigenvalue weighted by molar-refractivity contribution is 7.99. The van der Waals surface area contributed by atoms with Crippen LogP contribution in [-0.2, 0) is 17.6 Å². The van der Waals surface area contributed by atoms with Crippen LogP contribution in [0.2, 0.25) is 0 Å². The van der Waals surface area contributed by atoms with Crippen molar-refractivity contribution < 1.29 is 14.3 Å². The second kappa shape index (κ2) is 9.11. The molecule has 3 aromatic rings. The lowest BCUT2D eigenvalue weighted by Crippen LogP contribution is -2.36. The van der Waals surface area contributed by atoms with Crippen molar-refractivity contribution in [1.29, 1.82) is 0 Å². The molecule has 1 aliphatic rings. The summed E-state index contributed by atoms with van der Waals surface area (Å²) in [5.41, 5.74) is 6.57. The van der Waals surface area contributed by atoms with Gasteiger partial charge < -0.3 is 10.5 Å². The maximum atomic E-state index is 13.7. The molecular formula is C21H22N4O4S2. The number of hydrogen-bond donors (Lipinski definition) is 2. The van der Waals surface area contributed by atoms with E-state index in [0.29, 0.717) is 26.8 Å². The molecule has 4 rings (SSSR count). The number of urea groups is 1. The minimum atomic E-state index is -0.916. The zero-order valence-corrected chi connectivity index (χ0v) is 18.6. The Morgan fingerprint density at radius 2 is 2.10 bits per heavy atom. The van der Waals surface area contributed by atoms with Gasteiger partial charge in [0.05, 0.1) is 23.9 Å². The highest BCUT2D eigenvalue weighted by Gasteiger charge is 2.23. The van der Waals surface area contributed by atoms with Gasteiger partial charge in [0.15, 0.2) is 5.16 Å². The van der Waals surface area contributed by atoms with Crippen LogP contribution in [0.1, 0.15) is 29.7 Å². The number of nitrogens with zero attached hydrogens (tertiary/aromatic N) is 2. The number of thiophene rings is 1. The van der Waals surface area contributed by atoms with Crippen LogP contribution in [0.25, 0.3) is 15.9 Å². The molecule has 0 unspecified atom stereocenters. The number of aromatic nitrogens is 2. The fraction of sp³-hybridized carbons (Fsp3) is 0.333. The van der Waals surface area contributed by atoms with Crippen molar-refractivity contribution in [3.63, 3.8) is 0 Å². The fourth-order valence-electron chi connectivity index (χ4n) is 3.74. The number of rotatable bonds is 5. The number of benzene rings is 1. The Morgan fingerprint density at radius 3 is 2.87 bits per heavy atom. The van der Waals surface area contributed by atoms with E-state index >= 15 is 0 Å². The van der Waals surface area contributed by atoms with Crippen LogP contribution >= 0.6 is 23.1 Å². The van der Waals surface area contributed by atoms with E-state index in [2.05, 4.69) is 0 Å². The van der Waals surface area contributed by atoms with Crippen molar-refractivity contribution in [2.75, 3.05) is 12.9 Å². The molecule has 8 nitrogen and oxygen atoms in total. The van der Waals surface area contributed by atoms with Crippen molar-refractivity contribution in [1.82, 2.24) is 14.9 Å². The molecule has 2 aromatic heterocycles. The first-order valence-corrected chi connectivity index (χ1v) is 11.7. The summed E-state index contributed by atoms with van der Waals surface area (Å²) in [5, 5.41) is 3.07. The molecule has 31 heavy (non-hydrogen) atoms. The van der Waals surface area contributed by atoms with Gasteiger partial charge in [-0.1, -0.05) is 24.2 Å². The average Bonchev–Trinajstić information content (AvgIpc) is 2.93. The Labute approximate surface area is 186 Å². The number of aryl methyl sites for hydroxylation is 2. The molecule has 0 fully saturated rings. The summed E-state index contributed by atoms with van der Waals surface area (Å²) in [4.78, 5) is 43.3. The highest BCUT2D eigenvalue weighted by Crippen LogP contribution is 2.34. The number of primary amides is 1. The van der Waals surface area contributed by atoms with Crippen LogP contribution in [-0.4, -0.2) is 34.4 Å². The van der Waals surface area contributed by atoms with E-state index < -0.39 is 11.9 Å². The summed E-state index contributed by atoms with van der Waals surface area (Å²) in [6, 6.07) is 6.24. The van der Waals surface area contributed by atoms with Crippen LogP contribution in [0.15, 0.2) is 34.2 Å². The number of amides is 3. The number of ether oxygens (including phenoxy) is 1. The number of carbonyl (C=O) groups excluding carboxylic acids is 2. The number of methoxy groups -OCH3 is 1. The summed E-state index contributed by atoms with van der Waals surface area (Å²) in [6.07, 6.45) is 5.15. The van der Waals surface area contributed by atoms with Gasteiger partial charge in [0.2, 0.25) is 5.91 Å². The Bertz CT molecular complexity index is 1220. The van der Waals surface area contributed by atoms with E-state index in [9.17, 15) is 14.4 Å². The number of hydrogen-bond acceptors (Lipinski definition) is 7. The fourth-order valence-corrected chi connectivity index (χ4v) is 5.86. The highest BCUT2D eigenvalue weighted by atomic mass is 32.2. The lowest BCUT2D eigenvalue weighted by Gasteiger charge is -2.13. The maximum Gasteiger partial charge on any atom is 0.318 e. The zero-order valence-electron chi connectivity index (χ0n) is 17.0. The zero-order chi connectivity index (χ0) is 22.0. The molecule has 0 aliphatic heterocycles. The van der Waals surface area contributed by atoms with Gasteiger partial charge >= 0.3 is 6.03 Å². The molecule has 1 aliphatic carbocycles. The lowest BCUT2D eigenvalue weighted by molar-refractivity contribution is -0.117. The molecule has 2 heterocycles. The van der Waals surface area contributed by atoms with Gasteiger partial charge in [0.1, 0.15) is 10.6 Å². The molecule has 10 heteroatoms. The second-order valence-corrected chi connectivity index (χ2v) is 9.21. The van der Waals surface area contributed by atoms with Crippen molar-refractivity contribution in [3.8, 4) is 11.4 Å². The number of carbonyl (C=O) groups is 2. The van der Waals surface area contributed by atoms with Crippen LogP contribution < -0.4 is 21.3 Å². The van der Waals surface area contributed by atoms with Crippen LogP contribution in [0.5, 0.6) is 5.75 Å². The third-order valence-corrected chi connectivity index (χ3v) is 7.24. The summed E-state index contributed by atoms with van der Waals surface area (Å²) in [6.45, 7) is 0. The maximum absolute atomic E-state index is 13.7. The molecule has 162 valence electrons. The largest absolute Gasteiger partial charge is 0.497 e. The predicted molar refractivity (Wildman–Crippen MR) is 121 cm³/mol. The minimum absolute atomic E-state index is 0.101. The van der Waals surface area contributed by atoms with Crippen molar-refractivity contribution in [3.05, 3.63) is 45.1 Å². The van der Waals surface area contributed by atoms with Gasteiger partial charge in [0.25, 0.3) is 5.56 Å². The minimum Gasteiger partial charge on any atom is -0.497 e. The van der Waals surface area contributed by atoms with E-state index in [1.165, 1.54) is 9.44 Å². The van der Waals surface area contributed by atoms with Crippen LogP contribution in [0.4, 0.5) is 4.79 Å². The third kappa shape index (κ3) is 4.45. The van der Waals surface area contributed by atoms with Crippen LogP contribution in [0, 0.1) is 0 Å². The average molecular weight is 459 g/mol. The first kappa shape index (κ1) is 21.4. The molecule has 0 saturated heterocycles. The Hall–Kier alpha value is -2.85. The second-order valence-electron chi connectivity index (χ2n) is 7.18. The van der Waals surface area contributed by atoms with E-state index in [-0.39, 0.29) is 11.3 Å². The smallest absolute Gasteiger partial charge is 0.318 e. The number of fused-ring (bicyclic) bond motifs is 3. The lowest BCUT2D eigenvalue weighted by atomic mass is 10.1. The summed E-state index contributed by atoms with van der Waals surface area (Å²) in [7, 11) is 1.56. The van der Waals surface area contributed by atoms with Gasteiger partial charge in [-0.3, -0.25) is 19.5 Å². The predicted octanol–water partition coefficient (Wildman–Crippen LogP) is 3.01. The molecule has 3 N–H and O–H groups in total. The molecular weight excluding hydrogens is 436 g/mol. The van der Waals surface area contributed by atoms with Gasteiger partial charge in [-0.25, -0.2) is 9.78 Å². The van der Waals surface area contributed by atoms with Crippen molar-refractivity contribution in [2.45, 2.75) is 37.3 Å². The van der Waals surface area contributed by atoms with E-state index in [0.717, 1.165) is 49.4 Å². The standard InChI is InChI=1S/C21H22N4O4S2/c1-29-13-7-5-6-12(10-13)25-19(27)17-14-8-3-2-4-9-15(14)31-18(17)24-21(25)30-11-16(26)23-20(22)28/h5-7,10H,2-4,8-9,11H2,1H3,(H3,22,23,26,28). The molecule has 1 aromatic carbocycles. The Balaban J connectivity index is 1.86. The van der Waals surface area contributed by atoms with E-state index in [1.54, 1.807) is 42.7 Å². The summed E-state index contributed by atoms with van der Waals surface area (Å²) >= 11 is 2.64. The Kier molecular flexibility index (Phi) is 6.28. The molecule has 3 amide bonds. The van der Waals surface area contributed by atoms with Crippen molar-refractivity contribution >= 4 is 45.3 Å². The number of thioether (sulfide) groups is 1. The van der Waals surface area contributed by atoms with Crippen molar-refractivity contribution in [2.24, 2.45) is 5.73 Å². The monoisotopic (exact) mass is 458 g/mol. The number of nitrogens with one attached hydrogen (secondary N) is 1. The quantitative estimate of drug-likeness (QED) is 0.345. The Morgan fingerprint density at radius 1 is 1.29 bits per heavy atom. The molecule has 0 atom stereocenters. The molecule has 0 bridgehead atoms. The first-order chi connectivity index (χ1) is 15.0. The molecule has 0 radical (unpaired) electrons. The number of nitrogens with two attached hydrogens (primary N) is 1. The number of imide groups is 1. The van der Waals surface area contributed by atoms with E-state index in [1.807, 2.05) is 5.32 Å². The topological polar surface area (TPSA) is 116 Å². The van der Waals surface area contributed by atoms with E-state index in [4.69, 9.17) is 15.5 Å². The van der Waals surface area contributed by atoms with Gasteiger partial charge in [-0.15, -0.1) is 11.3 Å². The summed E-state index contributed by atoms with van der Waals surface area (Å²) < 4.78 is 6.84. The molecule has 0 saturated carbocycles. The molecule has 0 spiro atoms. The SMILES string of the molecule is COc1cccc(-n2c(SCC(=O)NC(N)=O)nc3sc4c(c3c2=O)CCCCC4)c1. The summed E-state index contributed by atoms with van der Waals surface area (Å²) in [5.74, 6) is -0.0438. The first-order valence-electron chi connectivity index (χ1n) is 9.91. The van der Waals surface area contributed by atoms with Gasteiger partial charge in [-0.2, -0.15) is 0 Å². The van der Waals surface area contributed by atoms with Gasteiger partial charge in [0, 0.05) is 10.9 Å². The van der Waals surface area contributed by atoms with Crippen LogP contribution in [0.3, 0.4) is 0 Å². The normalized spacial score (nSPS) is 13.5.